The lowest BCUT2D eigenvalue weighted by Gasteiger charge is -2.14. The van der Waals surface area contributed by atoms with Crippen LogP contribution in [0.1, 0.15) is 24.9 Å². The van der Waals surface area contributed by atoms with Crippen molar-refractivity contribution in [3.8, 4) is 5.69 Å². The minimum atomic E-state index is 0.0676. The van der Waals surface area contributed by atoms with Crippen LogP contribution in [0.4, 0.5) is 0 Å². The maximum Gasteiger partial charge on any atom is 0.0693 e. The zero-order valence-electron chi connectivity index (χ0n) is 9.10. The van der Waals surface area contributed by atoms with Gasteiger partial charge < -0.3 is 5.73 Å². The van der Waals surface area contributed by atoms with E-state index in [1.165, 1.54) is 0 Å². The van der Waals surface area contributed by atoms with Crippen LogP contribution in [0, 0.1) is 3.57 Å². The SMILES string of the molecule is CC[C@@H](N)c1ccccc1-n1cc(I)cn1. The molecule has 4 heteroatoms. The molecule has 0 fully saturated rings. The molecule has 2 aromatic rings. The van der Waals surface area contributed by atoms with Crippen LogP contribution < -0.4 is 5.73 Å². The van der Waals surface area contributed by atoms with E-state index >= 15 is 0 Å². The van der Waals surface area contributed by atoms with Crippen molar-refractivity contribution in [2.45, 2.75) is 19.4 Å². The molecule has 0 radical (unpaired) electrons. The normalized spacial score (nSPS) is 12.7. The molecular formula is C12H14IN3. The average Bonchev–Trinajstić information content (AvgIpc) is 2.75. The Morgan fingerprint density at radius 1 is 1.44 bits per heavy atom. The Balaban J connectivity index is 2.48. The number of nitrogens with zero attached hydrogens (tertiary/aromatic N) is 2. The molecule has 0 spiro atoms. The number of halogens is 1. The molecule has 0 saturated carbocycles. The van der Waals surface area contributed by atoms with Crippen molar-refractivity contribution in [3.05, 3.63) is 45.8 Å². The van der Waals surface area contributed by atoms with Gasteiger partial charge in [-0.1, -0.05) is 25.1 Å². The number of hydrogen-bond acceptors (Lipinski definition) is 2. The maximum atomic E-state index is 6.10. The monoisotopic (exact) mass is 327 g/mol. The van der Waals surface area contributed by atoms with Crippen LogP contribution in [0.15, 0.2) is 36.7 Å². The van der Waals surface area contributed by atoms with Gasteiger partial charge in [-0.3, -0.25) is 0 Å². The summed E-state index contributed by atoms with van der Waals surface area (Å²) in [5, 5.41) is 4.32. The molecule has 0 saturated heterocycles. The number of rotatable bonds is 3. The molecule has 2 rings (SSSR count). The molecule has 1 heterocycles. The molecule has 1 aromatic carbocycles. The van der Waals surface area contributed by atoms with Crippen molar-refractivity contribution in [3.63, 3.8) is 0 Å². The molecule has 0 aliphatic rings. The van der Waals surface area contributed by atoms with E-state index < -0.39 is 0 Å². The van der Waals surface area contributed by atoms with Gasteiger partial charge in [-0.25, -0.2) is 4.68 Å². The Kier molecular flexibility index (Phi) is 3.60. The van der Waals surface area contributed by atoms with Crippen LogP contribution in [-0.2, 0) is 0 Å². The second-order valence-corrected chi connectivity index (χ2v) is 4.92. The van der Waals surface area contributed by atoms with Gasteiger partial charge in [-0.05, 0) is 40.6 Å². The van der Waals surface area contributed by atoms with E-state index in [9.17, 15) is 0 Å². The topological polar surface area (TPSA) is 43.8 Å². The Labute approximate surface area is 109 Å². The average molecular weight is 327 g/mol. The van der Waals surface area contributed by atoms with Crippen molar-refractivity contribution in [1.82, 2.24) is 9.78 Å². The molecule has 0 aliphatic heterocycles. The van der Waals surface area contributed by atoms with Gasteiger partial charge >= 0.3 is 0 Å². The van der Waals surface area contributed by atoms with Crippen LogP contribution >= 0.6 is 22.6 Å². The van der Waals surface area contributed by atoms with Crippen LogP contribution in [0.3, 0.4) is 0 Å². The van der Waals surface area contributed by atoms with E-state index in [0.29, 0.717) is 0 Å². The molecule has 1 aromatic heterocycles. The lowest BCUT2D eigenvalue weighted by atomic mass is 10.0. The summed E-state index contributed by atoms with van der Waals surface area (Å²) in [6, 6.07) is 8.21. The molecule has 16 heavy (non-hydrogen) atoms. The van der Waals surface area contributed by atoms with Gasteiger partial charge in [-0.15, -0.1) is 0 Å². The minimum Gasteiger partial charge on any atom is -0.324 e. The second-order valence-electron chi connectivity index (χ2n) is 3.68. The van der Waals surface area contributed by atoms with Crippen molar-refractivity contribution in [1.29, 1.82) is 0 Å². The highest BCUT2D eigenvalue weighted by atomic mass is 127. The quantitative estimate of drug-likeness (QED) is 0.881. The number of aromatic nitrogens is 2. The third-order valence-electron chi connectivity index (χ3n) is 2.57. The van der Waals surface area contributed by atoms with Gasteiger partial charge in [-0.2, -0.15) is 5.10 Å². The zero-order valence-corrected chi connectivity index (χ0v) is 11.3. The summed E-state index contributed by atoms with van der Waals surface area (Å²) >= 11 is 2.25. The largest absolute Gasteiger partial charge is 0.324 e. The number of nitrogens with two attached hydrogens (primary N) is 1. The van der Waals surface area contributed by atoms with Gasteiger partial charge in [0.15, 0.2) is 0 Å². The molecule has 0 unspecified atom stereocenters. The number of benzene rings is 1. The molecule has 0 amide bonds. The Morgan fingerprint density at radius 3 is 2.81 bits per heavy atom. The third-order valence-corrected chi connectivity index (χ3v) is 3.13. The summed E-state index contributed by atoms with van der Waals surface area (Å²) in [6.07, 6.45) is 4.77. The van der Waals surface area contributed by atoms with Gasteiger partial charge in [0, 0.05) is 12.2 Å². The second kappa shape index (κ2) is 4.97. The summed E-state index contributed by atoms with van der Waals surface area (Å²) in [5.74, 6) is 0. The fourth-order valence-corrected chi connectivity index (χ4v) is 2.05. The van der Waals surface area contributed by atoms with E-state index in [2.05, 4.69) is 40.7 Å². The van der Waals surface area contributed by atoms with Crippen molar-refractivity contribution in [2.75, 3.05) is 0 Å². The van der Waals surface area contributed by atoms with Crippen LogP contribution in [0.25, 0.3) is 5.69 Å². The lowest BCUT2D eigenvalue weighted by Crippen LogP contribution is -2.12. The van der Waals surface area contributed by atoms with Gasteiger partial charge in [0.05, 0.1) is 15.5 Å². The summed E-state index contributed by atoms with van der Waals surface area (Å²) in [7, 11) is 0. The third kappa shape index (κ3) is 2.27. The van der Waals surface area contributed by atoms with Gasteiger partial charge in [0.1, 0.15) is 0 Å². The number of para-hydroxylation sites is 1. The molecule has 0 aliphatic carbocycles. The molecule has 3 nitrogen and oxygen atoms in total. The standard InChI is InChI=1S/C12H14IN3/c1-2-11(14)10-5-3-4-6-12(10)16-8-9(13)7-15-16/h3-8,11H,2,14H2,1H3/t11-/m1/s1. The van der Waals surface area contributed by atoms with Crippen LogP contribution in [0.5, 0.6) is 0 Å². The summed E-state index contributed by atoms with van der Waals surface area (Å²) < 4.78 is 3.00. The molecule has 0 bridgehead atoms. The van der Waals surface area contributed by atoms with Gasteiger partial charge in [0.2, 0.25) is 0 Å². The molecule has 1 atom stereocenters. The summed E-state index contributed by atoms with van der Waals surface area (Å²) in [5.41, 5.74) is 8.31. The van der Waals surface area contributed by atoms with Crippen LogP contribution in [-0.4, -0.2) is 9.78 Å². The summed E-state index contributed by atoms with van der Waals surface area (Å²) in [4.78, 5) is 0. The zero-order chi connectivity index (χ0) is 11.5. The fourth-order valence-electron chi connectivity index (χ4n) is 1.66. The van der Waals surface area contributed by atoms with Crippen molar-refractivity contribution >= 4 is 22.6 Å². The highest BCUT2D eigenvalue weighted by Gasteiger charge is 2.10. The van der Waals surface area contributed by atoms with Crippen molar-refractivity contribution < 1.29 is 0 Å². The van der Waals surface area contributed by atoms with E-state index in [-0.39, 0.29) is 6.04 Å². The predicted molar refractivity (Wildman–Crippen MR) is 73.5 cm³/mol. The molecule has 2 N–H and O–H groups in total. The first-order chi connectivity index (χ1) is 7.72. The fraction of sp³-hybridized carbons (Fsp3) is 0.250. The highest BCUT2D eigenvalue weighted by molar-refractivity contribution is 14.1. The first-order valence-electron chi connectivity index (χ1n) is 5.27. The Morgan fingerprint density at radius 2 is 2.19 bits per heavy atom. The van der Waals surface area contributed by atoms with E-state index in [1.54, 1.807) is 0 Å². The lowest BCUT2D eigenvalue weighted by molar-refractivity contribution is 0.686. The Bertz CT molecular complexity index is 479. The maximum absolute atomic E-state index is 6.10. The van der Waals surface area contributed by atoms with Crippen molar-refractivity contribution in [2.24, 2.45) is 5.73 Å². The smallest absolute Gasteiger partial charge is 0.0693 e. The van der Waals surface area contributed by atoms with E-state index in [4.69, 9.17) is 5.73 Å². The van der Waals surface area contributed by atoms with E-state index in [0.717, 1.165) is 21.2 Å². The minimum absolute atomic E-state index is 0.0676. The highest BCUT2D eigenvalue weighted by Crippen LogP contribution is 2.22. The van der Waals surface area contributed by atoms with Crippen LogP contribution in [0.2, 0.25) is 0 Å². The Hall–Kier alpha value is -0.880. The number of hydrogen-bond donors (Lipinski definition) is 1. The molecule has 84 valence electrons. The summed E-state index contributed by atoms with van der Waals surface area (Å²) in [6.45, 7) is 2.09. The van der Waals surface area contributed by atoms with E-state index in [1.807, 2.05) is 35.3 Å². The first-order valence-corrected chi connectivity index (χ1v) is 6.35. The predicted octanol–water partition coefficient (Wildman–Crippen LogP) is 2.89. The molecular weight excluding hydrogens is 313 g/mol. The van der Waals surface area contributed by atoms with Gasteiger partial charge in [0.25, 0.3) is 0 Å². The first kappa shape index (κ1) is 11.6.